The molecule has 0 saturated heterocycles. The zero-order chi connectivity index (χ0) is 12.3. The van der Waals surface area contributed by atoms with Gasteiger partial charge < -0.3 is 10.2 Å². The van der Waals surface area contributed by atoms with Crippen molar-refractivity contribution < 1.29 is 0 Å². The highest BCUT2D eigenvalue weighted by atomic mass is 15.3. The van der Waals surface area contributed by atoms with Crippen LogP contribution in [0.1, 0.15) is 23.4 Å². The molecule has 2 rings (SSSR count). The number of nitriles is 1. The number of rotatable bonds is 4. The molecule has 1 N–H and O–H groups in total. The number of hydrogen-bond acceptors (Lipinski definition) is 4. The first kappa shape index (κ1) is 12.1. The maximum Gasteiger partial charge on any atom is 0.167 e. The van der Waals surface area contributed by atoms with Gasteiger partial charge in [-0.05, 0) is 27.1 Å². The lowest BCUT2D eigenvalue weighted by molar-refractivity contribution is 0.377. The van der Waals surface area contributed by atoms with E-state index in [2.05, 4.69) is 35.5 Å². The topological polar surface area (TPSA) is 56.9 Å². The second kappa shape index (κ2) is 5.30. The minimum atomic E-state index is 0.594. The van der Waals surface area contributed by atoms with Crippen molar-refractivity contribution in [3.63, 3.8) is 0 Å². The Morgan fingerprint density at radius 2 is 2.35 bits per heavy atom. The monoisotopic (exact) mass is 233 g/mol. The summed E-state index contributed by atoms with van der Waals surface area (Å²) < 4.78 is 2.03. The second-order valence-corrected chi connectivity index (χ2v) is 4.69. The highest BCUT2D eigenvalue weighted by Crippen LogP contribution is 2.18. The maximum atomic E-state index is 9.06. The van der Waals surface area contributed by atoms with Crippen LogP contribution in [0.5, 0.6) is 0 Å². The number of fused-ring (bicyclic) bond motifs is 1. The summed E-state index contributed by atoms with van der Waals surface area (Å²) in [5.41, 5.74) is 2.94. The van der Waals surface area contributed by atoms with E-state index in [4.69, 9.17) is 5.26 Å². The average molecular weight is 233 g/mol. The zero-order valence-electron chi connectivity index (χ0n) is 10.5. The van der Waals surface area contributed by atoms with Crippen LogP contribution in [0.3, 0.4) is 0 Å². The minimum absolute atomic E-state index is 0.594. The Morgan fingerprint density at radius 1 is 1.53 bits per heavy atom. The van der Waals surface area contributed by atoms with Crippen LogP contribution in [0.4, 0.5) is 0 Å². The molecule has 0 spiro atoms. The zero-order valence-corrected chi connectivity index (χ0v) is 10.5. The van der Waals surface area contributed by atoms with Crippen molar-refractivity contribution in [3.8, 4) is 6.07 Å². The van der Waals surface area contributed by atoms with Crippen molar-refractivity contribution in [1.82, 2.24) is 20.0 Å². The largest absolute Gasteiger partial charge is 0.312 e. The molecule has 0 aromatic carbocycles. The van der Waals surface area contributed by atoms with Gasteiger partial charge in [-0.3, -0.25) is 4.68 Å². The highest BCUT2D eigenvalue weighted by molar-refractivity contribution is 5.36. The molecule has 92 valence electrons. The third-order valence-corrected chi connectivity index (χ3v) is 3.09. The standard InChI is InChI=1S/C12H19N5/c1-16(2)6-3-7-17-12-4-5-14-9-10(12)11(8-13)15-17/h14H,3-7,9H2,1-2H3. The normalized spacial score (nSPS) is 14.7. The first-order chi connectivity index (χ1) is 8.22. The predicted molar refractivity (Wildman–Crippen MR) is 65.5 cm³/mol. The lowest BCUT2D eigenvalue weighted by Crippen LogP contribution is -2.25. The third kappa shape index (κ3) is 2.65. The van der Waals surface area contributed by atoms with Crippen LogP contribution in [-0.2, 0) is 19.5 Å². The number of nitrogens with zero attached hydrogens (tertiary/aromatic N) is 4. The molecule has 0 amide bonds. The van der Waals surface area contributed by atoms with Gasteiger partial charge in [-0.25, -0.2) is 0 Å². The van der Waals surface area contributed by atoms with Gasteiger partial charge in [0.2, 0.25) is 0 Å². The van der Waals surface area contributed by atoms with Gasteiger partial charge in [-0.1, -0.05) is 0 Å². The fourth-order valence-electron chi connectivity index (χ4n) is 2.23. The van der Waals surface area contributed by atoms with Crippen molar-refractivity contribution in [2.75, 3.05) is 27.2 Å². The molecular weight excluding hydrogens is 214 g/mol. The number of hydrogen-bond donors (Lipinski definition) is 1. The molecular formula is C12H19N5. The molecule has 2 heterocycles. The Bertz CT molecular complexity index is 427. The number of aromatic nitrogens is 2. The molecule has 0 atom stereocenters. The molecule has 1 aromatic heterocycles. The summed E-state index contributed by atoms with van der Waals surface area (Å²) in [7, 11) is 4.15. The Morgan fingerprint density at radius 3 is 3.06 bits per heavy atom. The molecule has 0 saturated carbocycles. The van der Waals surface area contributed by atoms with Gasteiger partial charge in [-0.2, -0.15) is 10.4 Å². The molecule has 1 aliphatic heterocycles. The minimum Gasteiger partial charge on any atom is -0.312 e. The SMILES string of the molecule is CN(C)CCCn1nc(C#N)c2c1CCNC2. The molecule has 1 aliphatic rings. The van der Waals surface area contributed by atoms with E-state index in [0.717, 1.165) is 44.6 Å². The Balaban J connectivity index is 2.12. The lowest BCUT2D eigenvalue weighted by Gasteiger charge is -2.15. The number of nitrogens with one attached hydrogen (secondary N) is 1. The van der Waals surface area contributed by atoms with Crippen molar-refractivity contribution in [1.29, 1.82) is 5.26 Å². The summed E-state index contributed by atoms with van der Waals surface area (Å²) in [4.78, 5) is 2.17. The Hall–Kier alpha value is -1.38. The van der Waals surface area contributed by atoms with Gasteiger partial charge in [0.15, 0.2) is 5.69 Å². The van der Waals surface area contributed by atoms with E-state index < -0.39 is 0 Å². The number of aryl methyl sites for hydroxylation is 1. The summed E-state index contributed by atoms with van der Waals surface area (Å²) in [6.07, 6.45) is 2.05. The van der Waals surface area contributed by atoms with E-state index >= 15 is 0 Å². The van der Waals surface area contributed by atoms with Crippen LogP contribution < -0.4 is 5.32 Å². The van der Waals surface area contributed by atoms with Gasteiger partial charge in [0.05, 0.1) is 0 Å². The quantitative estimate of drug-likeness (QED) is 0.815. The highest BCUT2D eigenvalue weighted by Gasteiger charge is 2.19. The van der Waals surface area contributed by atoms with E-state index in [1.165, 1.54) is 5.69 Å². The van der Waals surface area contributed by atoms with E-state index in [1.54, 1.807) is 0 Å². The molecule has 0 unspecified atom stereocenters. The molecule has 0 fully saturated rings. The summed E-state index contributed by atoms with van der Waals surface area (Å²) in [5.74, 6) is 0. The van der Waals surface area contributed by atoms with Crippen LogP contribution in [0.15, 0.2) is 0 Å². The molecule has 0 aliphatic carbocycles. The summed E-state index contributed by atoms with van der Waals surface area (Å²) in [6, 6.07) is 2.19. The Labute approximate surface area is 102 Å². The summed E-state index contributed by atoms with van der Waals surface area (Å²) >= 11 is 0. The predicted octanol–water partition coefficient (Wildman–Crippen LogP) is 0.352. The molecule has 0 radical (unpaired) electrons. The van der Waals surface area contributed by atoms with Gasteiger partial charge in [0.25, 0.3) is 0 Å². The average Bonchev–Trinajstić information content (AvgIpc) is 2.68. The van der Waals surface area contributed by atoms with E-state index in [0.29, 0.717) is 5.69 Å². The summed E-state index contributed by atoms with van der Waals surface area (Å²) in [6.45, 7) is 3.72. The molecule has 0 bridgehead atoms. The first-order valence-electron chi connectivity index (χ1n) is 6.06. The molecule has 1 aromatic rings. The van der Waals surface area contributed by atoms with E-state index in [-0.39, 0.29) is 0 Å². The van der Waals surface area contributed by atoms with E-state index in [9.17, 15) is 0 Å². The van der Waals surface area contributed by atoms with Crippen molar-refractivity contribution in [2.24, 2.45) is 0 Å². The van der Waals surface area contributed by atoms with Crippen LogP contribution >= 0.6 is 0 Å². The van der Waals surface area contributed by atoms with Crippen molar-refractivity contribution >= 4 is 0 Å². The van der Waals surface area contributed by atoms with Gasteiger partial charge in [0, 0.05) is 37.3 Å². The Kier molecular flexibility index (Phi) is 3.77. The van der Waals surface area contributed by atoms with Crippen LogP contribution in [0.25, 0.3) is 0 Å². The van der Waals surface area contributed by atoms with Crippen LogP contribution in [0.2, 0.25) is 0 Å². The molecule has 17 heavy (non-hydrogen) atoms. The third-order valence-electron chi connectivity index (χ3n) is 3.09. The fraction of sp³-hybridized carbons (Fsp3) is 0.667. The molecule has 5 nitrogen and oxygen atoms in total. The van der Waals surface area contributed by atoms with E-state index in [1.807, 2.05) is 4.68 Å². The summed E-state index contributed by atoms with van der Waals surface area (Å²) in [5, 5.41) is 16.8. The van der Waals surface area contributed by atoms with Gasteiger partial charge >= 0.3 is 0 Å². The van der Waals surface area contributed by atoms with Crippen LogP contribution in [-0.4, -0.2) is 41.9 Å². The maximum absolute atomic E-state index is 9.06. The fourth-order valence-corrected chi connectivity index (χ4v) is 2.23. The van der Waals surface area contributed by atoms with Gasteiger partial charge in [0.1, 0.15) is 6.07 Å². The lowest BCUT2D eigenvalue weighted by atomic mass is 10.1. The van der Waals surface area contributed by atoms with Crippen LogP contribution in [0, 0.1) is 11.3 Å². The van der Waals surface area contributed by atoms with Gasteiger partial charge in [-0.15, -0.1) is 0 Å². The molecule has 5 heteroatoms. The second-order valence-electron chi connectivity index (χ2n) is 4.69. The first-order valence-corrected chi connectivity index (χ1v) is 6.06. The van der Waals surface area contributed by atoms with Crippen molar-refractivity contribution in [2.45, 2.75) is 25.9 Å². The van der Waals surface area contributed by atoms with Crippen molar-refractivity contribution in [3.05, 3.63) is 17.0 Å². The smallest absolute Gasteiger partial charge is 0.167 e.